The highest BCUT2D eigenvalue weighted by Gasteiger charge is 2.15. The van der Waals surface area contributed by atoms with Crippen molar-refractivity contribution in [3.8, 4) is 11.5 Å². The number of phenolic OH excluding ortho intramolecular Hbond substituents is 2. The fraction of sp³-hybridized carbons (Fsp3) is 0.500. The Bertz CT molecular complexity index is 418. The molecule has 0 aliphatic heterocycles. The minimum atomic E-state index is -0.362. The van der Waals surface area contributed by atoms with Gasteiger partial charge in [-0.25, -0.2) is 0 Å². The Hall–Kier alpha value is -1.71. The first-order chi connectivity index (χ1) is 8.43. The molecule has 1 rings (SSSR count). The van der Waals surface area contributed by atoms with Gasteiger partial charge in [0, 0.05) is 6.04 Å². The van der Waals surface area contributed by atoms with Crippen molar-refractivity contribution in [2.24, 2.45) is 5.92 Å². The van der Waals surface area contributed by atoms with Crippen LogP contribution in [-0.4, -0.2) is 22.2 Å². The van der Waals surface area contributed by atoms with Gasteiger partial charge in [0.05, 0.1) is 5.56 Å². The van der Waals surface area contributed by atoms with E-state index in [1.807, 2.05) is 6.92 Å². The lowest BCUT2D eigenvalue weighted by atomic mass is 10.00. The summed E-state index contributed by atoms with van der Waals surface area (Å²) in [6, 6.07) is 3.95. The third-order valence-corrected chi connectivity index (χ3v) is 3.06. The van der Waals surface area contributed by atoms with Crippen LogP contribution in [0.1, 0.15) is 44.0 Å². The number of phenols is 2. The van der Waals surface area contributed by atoms with Gasteiger partial charge in [0.2, 0.25) is 0 Å². The van der Waals surface area contributed by atoms with Gasteiger partial charge < -0.3 is 15.5 Å². The zero-order valence-corrected chi connectivity index (χ0v) is 11.1. The zero-order valence-electron chi connectivity index (χ0n) is 11.1. The van der Waals surface area contributed by atoms with Crippen LogP contribution in [0, 0.1) is 5.92 Å². The Morgan fingerprint density at radius 3 is 2.61 bits per heavy atom. The highest BCUT2D eigenvalue weighted by molar-refractivity contribution is 5.97. The molecule has 100 valence electrons. The topological polar surface area (TPSA) is 69.6 Å². The molecule has 0 radical (unpaired) electrons. The maximum Gasteiger partial charge on any atom is 0.255 e. The van der Waals surface area contributed by atoms with E-state index in [-0.39, 0.29) is 29.0 Å². The molecule has 0 fully saturated rings. The molecule has 0 saturated heterocycles. The van der Waals surface area contributed by atoms with E-state index in [9.17, 15) is 15.0 Å². The van der Waals surface area contributed by atoms with Crippen molar-refractivity contribution >= 4 is 5.91 Å². The molecule has 3 N–H and O–H groups in total. The molecule has 4 nitrogen and oxygen atoms in total. The van der Waals surface area contributed by atoms with E-state index in [0.29, 0.717) is 5.92 Å². The van der Waals surface area contributed by atoms with Crippen LogP contribution in [0.2, 0.25) is 0 Å². The first-order valence-corrected chi connectivity index (χ1v) is 6.26. The second-order valence-electron chi connectivity index (χ2n) is 4.83. The van der Waals surface area contributed by atoms with Crippen molar-refractivity contribution in [1.82, 2.24) is 5.32 Å². The van der Waals surface area contributed by atoms with Gasteiger partial charge in [-0.05, 0) is 37.5 Å². The molecular formula is C14H21NO3. The molecule has 1 amide bonds. The lowest BCUT2D eigenvalue weighted by Gasteiger charge is -2.17. The molecule has 2 unspecified atom stereocenters. The van der Waals surface area contributed by atoms with Crippen LogP contribution < -0.4 is 5.32 Å². The number of aromatic hydroxyl groups is 2. The second-order valence-corrected chi connectivity index (χ2v) is 4.83. The highest BCUT2D eigenvalue weighted by Crippen LogP contribution is 2.22. The van der Waals surface area contributed by atoms with E-state index in [1.165, 1.54) is 18.2 Å². The number of carbonyl (C=O) groups excluding carboxylic acids is 1. The standard InChI is InChI=1S/C14H21NO3/c1-4-9(2)7-10(3)15-14(18)12-8-11(16)5-6-13(12)17/h5-6,8-10,16-17H,4,7H2,1-3H3,(H,15,18). The summed E-state index contributed by atoms with van der Waals surface area (Å²) in [6.07, 6.45) is 1.96. The first-order valence-electron chi connectivity index (χ1n) is 6.26. The number of benzene rings is 1. The minimum absolute atomic E-state index is 0.0347. The summed E-state index contributed by atoms with van der Waals surface area (Å²) >= 11 is 0. The summed E-state index contributed by atoms with van der Waals surface area (Å²) in [7, 11) is 0. The van der Waals surface area contributed by atoms with Crippen molar-refractivity contribution in [2.75, 3.05) is 0 Å². The Labute approximate surface area is 108 Å². The number of rotatable bonds is 5. The van der Waals surface area contributed by atoms with E-state index < -0.39 is 0 Å². The van der Waals surface area contributed by atoms with Gasteiger partial charge in [0.15, 0.2) is 0 Å². The first kappa shape index (κ1) is 14.4. The van der Waals surface area contributed by atoms with E-state index in [2.05, 4.69) is 19.2 Å². The fourth-order valence-electron chi connectivity index (χ4n) is 1.84. The zero-order chi connectivity index (χ0) is 13.7. The predicted molar refractivity (Wildman–Crippen MR) is 70.8 cm³/mol. The third-order valence-electron chi connectivity index (χ3n) is 3.06. The van der Waals surface area contributed by atoms with Gasteiger partial charge in [-0.2, -0.15) is 0 Å². The fourth-order valence-corrected chi connectivity index (χ4v) is 1.84. The van der Waals surface area contributed by atoms with Gasteiger partial charge in [-0.1, -0.05) is 20.3 Å². The molecule has 4 heteroatoms. The van der Waals surface area contributed by atoms with Crippen LogP contribution in [-0.2, 0) is 0 Å². The number of nitrogens with one attached hydrogen (secondary N) is 1. The number of amides is 1. The van der Waals surface area contributed by atoms with Crippen LogP contribution in [0.5, 0.6) is 11.5 Å². The Balaban J connectivity index is 2.67. The Kier molecular flexibility index (Phi) is 5.01. The van der Waals surface area contributed by atoms with Crippen molar-refractivity contribution in [3.05, 3.63) is 23.8 Å². The molecule has 18 heavy (non-hydrogen) atoms. The SMILES string of the molecule is CCC(C)CC(C)NC(=O)c1cc(O)ccc1O. The molecule has 0 heterocycles. The van der Waals surface area contributed by atoms with E-state index >= 15 is 0 Å². The number of hydrogen-bond donors (Lipinski definition) is 3. The van der Waals surface area contributed by atoms with Crippen molar-refractivity contribution in [2.45, 2.75) is 39.7 Å². The van der Waals surface area contributed by atoms with Crippen molar-refractivity contribution < 1.29 is 15.0 Å². The average Bonchev–Trinajstić information content (AvgIpc) is 2.31. The molecule has 0 aliphatic rings. The number of hydrogen-bond acceptors (Lipinski definition) is 3. The van der Waals surface area contributed by atoms with Crippen LogP contribution in [0.25, 0.3) is 0 Å². The Morgan fingerprint density at radius 1 is 1.33 bits per heavy atom. The quantitative estimate of drug-likeness (QED) is 0.705. The van der Waals surface area contributed by atoms with Gasteiger partial charge in [0.1, 0.15) is 11.5 Å². The Morgan fingerprint density at radius 2 is 2.00 bits per heavy atom. The van der Waals surface area contributed by atoms with E-state index in [1.54, 1.807) is 0 Å². The predicted octanol–water partition coefficient (Wildman–Crippen LogP) is 2.65. The smallest absolute Gasteiger partial charge is 0.255 e. The van der Waals surface area contributed by atoms with Crippen LogP contribution in [0.3, 0.4) is 0 Å². The summed E-state index contributed by atoms with van der Waals surface area (Å²) in [5.74, 6) is 0.0193. The molecule has 0 aromatic heterocycles. The van der Waals surface area contributed by atoms with E-state index in [0.717, 1.165) is 12.8 Å². The van der Waals surface area contributed by atoms with Crippen molar-refractivity contribution in [1.29, 1.82) is 0 Å². The van der Waals surface area contributed by atoms with Gasteiger partial charge in [-0.3, -0.25) is 4.79 Å². The van der Waals surface area contributed by atoms with Crippen LogP contribution >= 0.6 is 0 Å². The van der Waals surface area contributed by atoms with E-state index in [4.69, 9.17) is 0 Å². The molecule has 0 aliphatic carbocycles. The van der Waals surface area contributed by atoms with Gasteiger partial charge in [0.25, 0.3) is 5.91 Å². The molecule has 0 spiro atoms. The maximum atomic E-state index is 11.9. The molecule has 1 aromatic carbocycles. The van der Waals surface area contributed by atoms with Crippen LogP contribution in [0.15, 0.2) is 18.2 Å². The summed E-state index contributed by atoms with van der Waals surface area (Å²) in [5, 5.41) is 21.7. The molecule has 0 bridgehead atoms. The largest absolute Gasteiger partial charge is 0.508 e. The highest BCUT2D eigenvalue weighted by atomic mass is 16.3. The summed E-state index contributed by atoms with van der Waals surface area (Å²) in [4.78, 5) is 11.9. The monoisotopic (exact) mass is 251 g/mol. The minimum Gasteiger partial charge on any atom is -0.508 e. The lowest BCUT2D eigenvalue weighted by molar-refractivity contribution is 0.0932. The average molecular weight is 251 g/mol. The maximum absolute atomic E-state index is 11.9. The second kappa shape index (κ2) is 6.28. The van der Waals surface area contributed by atoms with Crippen LogP contribution in [0.4, 0.5) is 0 Å². The third kappa shape index (κ3) is 3.95. The lowest BCUT2D eigenvalue weighted by Crippen LogP contribution is -2.33. The summed E-state index contributed by atoms with van der Waals surface area (Å²) in [6.45, 7) is 6.18. The van der Waals surface area contributed by atoms with Gasteiger partial charge >= 0.3 is 0 Å². The molecular weight excluding hydrogens is 230 g/mol. The van der Waals surface area contributed by atoms with Crippen molar-refractivity contribution in [3.63, 3.8) is 0 Å². The summed E-state index contributed by atoms with van der Waals surface area (Å²) < 4.78 is 0. The normalized spacial score (nSPS) is 13.9. The number of carbonyl (C=O) groups is 1. The molecule has 0 saturated carbocycles. The molecule has 1 aromatic rings. The molecule has 2 atom stereocenters. The van der Waals surface area contributed by atoms with Gasteiger partial charge in [-0.15, -0.1) is 0 Å². The summed E-state index contributed by atoms with van der Waals surface area (Å²) in [5.41, 5.74) is 0.103.